The highest BCUT2D eigenvalue weighted by Crippen LogP contribution is 2.32. The predicted octanol–water partition coefficient (Wildman–Crippen LogP) is 3.11. The first-order chi connectivity index (χ1) is 16.3. The molecule has 0 radical (unpaired) electrons. The van der Waals surface area contributed by atoms with E-state index in [0.29, 0.717) is 30.0 Å². The minimum Gasteiger partial charge on any atom is -0.456 e. The summed E-state index contributed by atoms with van der Waals surface area (Å²) in [6, 6.07) is 18.0. The highest BCUT2D eigenvalue weighted by atomic mass is 32.2. The predicted molar refractivity (Wildman–Crippen MR) is 126 cm³/mol. The van der Waals surface area contributed by atoms with Crippen molar-refractivity contribution in [2.24, 2.45) is 0 Å². The maximum absolute atomic E-state index is 13.3. The number of aryl methyl sites for hydroxylation is 1. The van der Waals surface area contributed by atoms with Crippen molar-refractivity contribution in [3.8, 4) is 0 Å². The minimum absolute atomic E-state index is 0.0103. The van der Waals surface area contributed by atoms with E-state index in [2.05, 4.69) is 4.98 Å². The van der Waals surface area contributed by atoms with Crippen molar-refractivity contribution in [2.45, 2.75) is 24.8 Å². The van der Waals surface area contributed by atoms with Crippen LogP contribution in [0.25, 0.3) is 5.65 Å². The molecule has 2 aromatic heterocycles. The number of sulfonamides is 1. The second-order valence-corrected chi connectivity index (χ2v) is 9.94. The van der Waals surface area contributed by atoms with Gasteiger partial charge in [0, 0.05) is 18.8 Å². The van der Waals surface area contributed by atoms with E-state index < -0.39 is 16.0 Å². The van der Waals surface area contributed by atoms with Gasteiger partial charge in [-0.1, -0.05) is 30.3 Å². The van der Waals surface area contributed by atoms with Crippen LogP contribution in [0.1, 0.15) is 27.2 Å². The highest BCUT2D eigenvalue weighted by molar-refractivity contribution is 7.92. The normalized spacial score (nSPS) is 13.1. The SMILES string of the molecule is Cc1ccc2nc(COC(=O)c3cccc(S(=O)(=O)N4CCc5ccccc54)c3)cc(=O)n2c1. The van der Waals surface area contributed by atoms with Gasteiger partial charge in [0.1, 0.15) is 12.3 Å². The summed E-state index contributed by atoms with van der Waals surface area (Å²) in [4.78, 5) is 29.4. The Balaban J connectivity index is 1.36. The zero-order valence-electron chi connectivity index (χ0n) is 18.3. The number of nitrogens with zero attached hydrogens (tertiary/aromatic N) is 3. The second kappa shape index (κ2) is 8.42. The molecule has 4 aromatic rings. The topological polar surface area (TPSA) is 98.0 Å². The van der Waals surface area contributed by atoms with Gasteiger partial charge < -0.3 is 4.74 Å². The van der Waals surface area contributed by atoms with E-state index in [0.717, 1.165) is 11.1 Å². The quantitative estimate of drug-likeness (QED) is 0.412. The van der Waals surface area contributed by atoms with Crippen LogP contribution in [0, 0.1) is 6.92 Å². The van der Waals surface area contributed by atoms with Crippen molar-refractivity contribution in [3.05, 3.63) is 106 Å². The summed E-state index contributed by atoms with van der Waals surface area (Å²) < 4.78 is 34.6. The molecule has 0 N–H and O–H groups in total. The van der Waals surface area contributed by atoms with Crippen molar-refractivity contribution < 1.29 is 17.9 Å². The molecular formula is C25H21N3O5S. The maximum atomic E-state index is 13.3. The van der Waals surface area contributed by atoms with E-state index in [9.17, 15) is 18.0 Å². The molecule has 172 valence electrons. The molecule has 0 unspecified atom stereocenters. The number of para-hydroxylation sites is 1. The largest absolute Gasteiger partial charge is 0.456 e. The number of fused-ring (bicyclic) bond motifs is 2. The molecule has 0 amide bonds. The van der Waals surface area contributed by atoms with Crippen LogP contribution in [0.5, 0.6) is 0 Å². The summed E-state index contributed by atoms with van der Waals surface area (Å²) in [5, 5.41) is 0. The van der Waals surface area contributed by atoms with Gasteiger partial charge in [-0.15, -0.1) is 0 Å². The standard InChI is InChI=1S/C25H21N3O5S/c1-17-9-10-23-26-20(14-24(29)27(23)15-17)16-33-25(30)19-6-4-7-21(13-19)34(31,32)28-12-11-18-5-2-3-8-22(18)28/h2-10,13-15H,11-12,16H2,1H3. The number of aromatic nitrogens is 2. The molecule has 0 saturated carbocycles. The number of hydrogen-bond donors (Lipinski definition) is 0. The number of anilines is 1. The van der Waals surface area contributed by atoms with Crippen LogP contribution in [0.4, 0.5) is 5.69 Å². The first kappa shape index (κ1) is 21.8. The molecule has 34 heavy (non-hydrogen) atoms. The lowest BCUT2D eigenvalue weighted by Crippen LogP contribution is -2.29. The van der Waals surface area contributed by atoms with E-state index >= 15 is 0 Å². The Kier molecular flexibility index (Phi) is 5.41. The lowest BCUT2D eigenvalue weighted by atomic mass is 10.2. The van der Waals surface area contributed by atoms with Gasteiger partial charge in [0.25, 0.3) is 15.6 Å². The zero-order valence-corrected chi connectivity index (χ0v) is 19.2. The third kappa shape index (κ3) is 3.94. The minimum atomic E-state index is -3.84. The molecule has 0 bridgehead atoms. The van der Waals surface area contributed by atoms with Crippen LogP contribution in [0.3, 0.4) is 0 Å². The van der Waals surface area contributed by atoms with Gasteiger partial charge in [-0.3, -0.25) is 13.5 Å². The van der Waals surface area contributed by atoms with E-state index in [1.807, 2.05) is 25.1 Å². The Morgan fingerprint density at radius 3 is 2.74 bits per heavy atom. The highest BCUT2D eigenvalue weighted by Gasteiger charge is 2.31. The molecular weight excluding hydrogens is 454 g/mol. The number of benzene rings is 2. The molecule has 3 heterocycles. The molecule has 0 saturated heterocycles. The van der Waals surface area contributed by atoms with Crippen LogP contribution in [0.2, 0.25) is 0 Å². The summed E-state index contributed by atoms with van der Waals surface area (Å²) in [7, 11) is -3.84. The number of carbonyl (C=O) groups is 1. The summed E-state index contributed by atoms with van der Waals surface area (Å²) >= 11 is 0. The fourth-order valence-electron chi connectivity index (χ4n) is 4.02. The van der Waals surface area contributed by atoms with Crippen molar-refractivity contribution >= 4 is 27.3 Å². The maximum Gasteiger partial charge on any atom is 0.338 e. The van der Waals surface area contributed by atoms with E-state index in [1.165, 1.54) is 39.0 Å². The van der Waals surface area contributed by atoms with E-state index in [4.69, 9.17) is 4.74 Å². The monoisotopic (exact) mass is 475 g/mol. The third-order valence-corrected chi connectivity index (χ3v) is 7.52. The number of carbonyl (C=O) groups excluding carboxylic acids is 1. The van der Waals surface area contributed by atoms with Crippen LogP contribution in [-0.4, -0.2) is 30.3 Å². The molecule has 0 aliphatic carbocycles. The van der Waals surface area contributed by atoms with E-state index in [-0.39, 0.29) is 22.6 Å². The van der Waals surface area contributed by atoms with Gasteiger partial charge in [-0.25, -0.2) is 18.2 Å². The van der Waals surface area contributed by atoms with E-state index in [1.54, 1.807) is 24.4 Å². The number of rotatable bonds is 5. The lowest BCUT2D eigenvalue weighted by molar-refractivity contribution is 0.0467. The Hall–Kier alpha value is -3.98. The molecule has 5 rings (SSSR count). The number of hydrogen-bond acceptors (Lipinski definition) is 6. The van der Waals surface area contributed by atoms with Gasteiger partial charge in [0.2, 0.25) is 0 Å². The fourth-order valence-corrected chi connectivity index (χ4v) is 5.57. The van der Waals surface area contributed by atoms with Gasteiger partial charge in [-0.05, 0) is 54.8 Å². The Labute approximate surface area is 196 Å². The first-order valence-corrected chi connectivity index (χ1v) is 12.1. The Bertz CT molecular complexity index is 1590. The third-order valence-electron chi connectivity index (χ3n) is 5.71. The molecule has 2 aromatic carbocycles. The van der Waals surface area contributed by atoms with Gasteiger partial charge in [0.15, 0.2) is 0 Å². The molecule has 0 atom stereocenters. The molecule has 1 aliphatic heterocycles. The van der Waals surface area contributed by atoms with Crippen LogP contribution >= 0.6 is 0 Å². The number of ether oxygens (including phenoxy) is 1. The van der Waals surface area contributed by atoms with Crippen LogP contribution < -0.4 is 9.86 Å². The number of pyridine rings is 1. The second-order valence-electron chi connectivity index (χ2n) is 8.08. The van der Waals surface area contributed by atoms with Crippen LogP contribution in [-0.2, 0) is 27.8 Å². The smallest absolute Gasteiger partial charge is 0.338 e. The van der Waals surface area contributed by atoms with Crippen LogP contribution in [0.15, 0.2) is 82.6 Å². The fraction of sp³-hybridized carbons (Fsp3) is 0.160. The lowest BCUT2D eigenvalue weighted by Gasteiger charge is -2.19. The van der Waals surface area contributed by atoms with Crippen molar-refractivity contribution in [3.63, 3.8) is 0 Å². The first-order valence-electron chi connectivity index (χ1n) is 10.7. The Morgan fingerprint density at radius 2 is 1.88 bits per heavy atom. The summed E-state index contributed by atoms with van der Waals surface area (Å²) in [6.07, 6.45) is 2.32. The van der Waals surface area contributed by atoms with Crippen molar-refractivity contribution in [1.29, 1.82) is 0 Å². The summed E-state index contributed by atoms with van der Waals surface area (Å²) in [5.74, 6) is -0.704. The zero-order chi connectivity index (χ0) is 23.9. The molecule has 1 aliphatic rings. The average Bonchev–Trinajstić information content (AvgIpc) is 3.28. The molecule has 9 heteroatoms. The average molecular weight is 476 g/mol. The van der Waals surface area contributed by atoms with Gasteiger partial charge in [0.05, 0.1) is 21.8 Å². The summed E-state index contributed by atoms with van der Waals surface area (Å²) in [6.45, 7) is 2.01. The Morgan fingerprint density at radius 1 is 1.06 bits per heavy atom. The molecule has 0 spiro atoms. The summed E-state index contributed by atoms with van der Waals surface area (Å²) in [5.41, 5.74) is 3.11. The van der Waals surface area contributed by atoms with Crippen molar-refractivity contribution in [1.82, 2.24) is 9.38 Å². The molecule has 8 nitrogen and oxygen atoms in total. The van der Waals surface area contributed by atoms with Gasteiger partial charge >= 0.3 is 5.97 Å². The number of esters is 1. The van der Waals surface area contributed by atoms with Crippen molar-refractivity contribution in [2.75, 3.05) is 10.8 Å². The molecule has 0 fully saturated rings. The van der Waals surface area contributed by atoms with Gasteiger partial charge in [-0.2, -0.15) is 0 Å².